The molecule has 0 spiro atoms. The molecule has 2 aliphatic carbocycles. The first-order valence-corrected chi connectivity index (χ1v) is 14.5. The zero-order chi connectivity index (χ0) is 28.3. The summed E-state index contributed by atoms with van der Waals surface area (Å²) in [5, 5.41) is 9.37. The predicted octanol–water partition coefficient (Wildman–Crippen LogP) is 7.79. The first-order valence-electron chi connectivity index (χ1n) is 14.5. The van der Waals surface area contributed by atoms with Crippen molar-refractivity contribution >= 4 is 5.97 Å². The van der Waals surface area contributed by atoms with E-state index >= 15 is 0 Å². The fraction of sp³-hybridized carbons (Fsp3) is 0.471. The van der Waals surface area contributed by atoms with Crippen molar-refractivity contribution in [2.24, 2.45) is 5.92 Å². The quantitative estimate of drug-likeness (QED) is 0.281. The monoisotopic (exact) mass is 543 g/mol. The average Bonchev–Trinajstić information content (AvgIpc) is 3.78. The first kappa shape index (κ1) is 28.0. The lowest BCUT2D eigenvalue weighted by Crippen LogP contribution is -2.30. The molecule has 1 atom stereocenters. The molecular weight excluding hydrogens is 502 g/mol. The number of ether oxygens (including phenoxy) is 3. The molecule has 0 amide bonds. The summed E-state index contributed by atoms with van der Waals surface area (Å²) in [6, 6.07) is 18.7. The lowest BCUT2D eigenvalue weighted by atomic mass is 9.86. The van der Waals surface area contributed by atoms with Gasteiger partial charge in [-0.1, -0.05) is 45.0 Å². The van der Waals surface area contributed by atoms with Gasteiger partial charge in [0.25, 0.3) is 0 Å². The molecule has 0 aliphatic heterocycles. The number of nitrogens with zero attached hydrogens (tertiary/aromatic N) is 1. The molecule has 1 unspecified atom stereocenters. The van der Waals surface area contributed by atoms with Gasteiger partial charge in [0, 0.05) is 23.9 Å². The Balaban J connectivity index is 1.23. The van der Waals surface area contributed by atoms with E-state index in [4.69, 9.17) is 14.2 Å². The van der Waals surface area contributed by atoms with Crippen molar-refractivity contribution in [2.45, 2.75) is 89.3 Å². The molecule has 0 saturated heterocycles. The van der Waals surface area contributed by atoms with Gasteiger partial charge in [0.2, 0.25) is 5.88 Å². The third kappa shape index (κ3) is 6.96. The molecule has 2 saturated carbocycles. The first-order chi connectivity index (χ1) is 19.2. The van der Waals surface area contributed by atoms with Gasteiger partial charge in [-0.25, -0.2) is 4.98 Å². The number of hydrogen-bond donors (Lipinski definition) is 1. The second kappa shape index (κ2) is 11.9. The number of carboxylic acids is 1. The number of pyridine rings is 1. The Morgan fingerprint density at radius 2 is 1.60 bits per heavy atom. The smallest absolute Gasteiger partial charge is 0.303 e. The number of hydrogen-bond acceptors (Lipinski definition) is 5. The van der Waals surface area contributed by atoms with E-state index < -0.39 is 5.97 Å². The summed E-state index contributed by atoms with van der Waals surface area (Å²) >= 11 is 0. The van der Waals surface area contributed by atoms with Crippen LogP contribution in [0.3, 0.4) is 0 Å². The minimum Gasteiger partial charge on any atom is -0.497 e. The molecule has 6 heteroatoms. The molecule has 5 rings (SSSR count). The molecule has 1 heterocycles. The minimum atomic E-state index is -0.754. The highest BCUT2D eigenvalue weighted by Gasteiger charge is 2.34. The fourth-order valence-electron chi connectivity index (χ4n) is 5.70. The second-order valence-electron chi connectivity index (χ2n) is 12.3. The largest absolute Gasteiger partial charge is 0.497 e. The van der Waals surface area contributed by atoms with Gasteiger partial charge in [0.05, 0.1) is 19.6 Å². The van der Waals surface area contributed by atoms with E-state index in [2.05, 4.69) is 56.1 Å². The van der Waals surface area contributed by atoms with Crippen molar-refractivity contribution in [1.29, 1.82) is 0 Å². The fourth-order valence-corrected chi connectivity index (χ4v) is 5.70. The molecule has 40 heavy (non-hydrogen) atoms. The maximum absolute atomic E-state index is 11.4. The molecule has 3 aromatic rings. The van der Waals surface area contributed by atoms with Crippen LogP contribution >= 0.6 is 0 Å². The Hall–Kier alpha value is -3.54. The van der Waals surface area contributed by atoms with Crippen LogP contribution in [0.25, 0.3) is 11.1 Å². The summed E-state index contributed by atoms with van der Waals surface area (Å²) in [6.07, 6.45) is 7.76. The van der Waals surface area contributed by atoms with Crippen molar-refractivity contribution in [3.8, 4) is 28.5 Å². The molecular formula is C34H41NO5. The number of aliphatic carboxylic acids is 1. The maximum atomic E-state index is 11.4. The molecule has 2 fully saturated rings. The van der Waals surface area contributed by atoms with E-state index in [9.17, 15) is 9.90 Å². The molecule has 2 aliphatic rings. The van der Waals surface area contributed by atoms with Gasteiger partial charge in [0.15, 0.2) is 0 Å². The lowest BCUT2D eigenvalue weighted by molar-refractivity contribution is -0.137. The second-order valence-corrected chi connectivity index (χ2v) is 12.3. The van der Waals surface area contributed by atoms with Crippen LogP contribution in [0, 0.1) is 5.92 Å². The number of carbonyl (C=O) groups is 1. The number of rotatable bonds is 10. The van der Waals surface area contributed by atoms with Gasteiger partial charge >= 0.3 is 5.97 Å². The van der Waals surface area contributed by atoms with E-state index in [0.717, 1.165) is 66.7 Å². The van der Waals surface area contributed by atoms with Gasteiger partial charge in [-0.05, 0) is 90.7 Å². The van der Waals surface area contributed by atoms with Crippen LogP contribution in [0.4, 0.5) is 0 Å². The topological polar surface area (TPSA) is 77.9 Å². The average molecular weight is 544 g/mol. The standard InChI is InChI=1S/C34H41NO5/c1-34(2,3)25-9-7-22(8-10-25)29-16-15-28(38-4)20-31(29)39-26-11-13-27(14-12-26)40-32-19-24(17-18-35-32)30(21-33(36)37)23-5-6-23/h7-10,15-20,23,26-27,30H,5-6,11-14,21H2,1-4H3,(H,36,37). The highest BCUT2D eigenvalue weighted by molar-refractivity contribution is 5.72. The van der Waals surface area contributed by atoms with Crippen LogP contribution in [-0.2, 0) is 10.2 Å². The van der Waals surface area contributed by atoms with E-state index in [0.29, 0.717) is 11.8 Å². The van der Waals surface area contributed by atoms with E-state index in [-0.39, 0.29) is 30.0 Å². The van der Waals surface area contributed by atoms with Crippen molar-refractivity contribution in [2.75, 3.05) is 7.11 Å². The van der Waals surface area contributed by atoms with Crippen LogP contribution in [-0.4, -0.2) is 35.4 Å². The zero-order valence-corrected chi connectivity index (χ0v) is 24.1. The number of carboxylic acid groups (broad SMARTS) is 1. The van der Waals surface area contributed by atoms with Gasteiger partial charge in [0.1, 0.15) is 17.6 Å². The zero-order valence-electron chi connectivity index (χ0n) is 24.1. The normalized spacial score (nSPS) is 20.0. The maximum Gasteiger partial charge on any atom is 0.303 e. The van der Waals surface area contributed by atoms with Gasteiger partial charge in [-0.15, -0.1) is 0 Å². The van der Waals surface area contributed by atoms with Crippen LogP contribution in [0.2, 0.25) is 0 Å². The molecule has 212 valence electrons. The highest BCUT2D eigenvalue weighted by Crippen LogP contribution is 2.45. The van der Waals surface area contributed by atoms with Gasteiger partial charge < -0.3 is 19.3 Å². The van der Waals surface area contributed by atoms with Crippen LogP contribution in [0.1, 0.15) is 82.8 Å². The molecule has 6 nitrogen and oxygen atoms in total. The third-order valence-corrected chi connectivity index (χ3v) is 8.23. The van der Waals surface area contributed by atoms with Crippen molar-refractivity contribution < 1.29 is 24.1 Å². The van der Waals surface area contributed by atoms with Crippen LogP contribution < -0.4 is 14.2 Å². The Morgan fingerprint density at radius 3 is 2.20 bits per heavy atom. The van der Waals surface area contributed by atoms with Gasteiger partial charge in [-0.3, -0.25) is 4.79 Å². The summed E-state index contributed by atoms with van der Waals surface area (Å²) in [5.41, 5.74) is 4.61. The van der Waals surface area contributed by atoms with E-state index in [1.165, 1.54) is 5.56 Å². The number of methoxy groups -OCH3 is 1. The molecule has 1 N–H and O–H groups in total. The number of benzene rings is 2. The Kier molecular flexibility index (Phi) is 8.34. The van der Waals surface area contributed by atoms with Crippen molar-refractivity contribution in [3.63, 3.8) is 0 Å². The summed E-state index contributed by atoms with van der Waals surface area (Å²) in [5.74, 6) is 1.94. The molecule has 0 radical (unpaired) electrons. The van der Waals surface area contributed by atoms with E-state index in [1.54, 1.807) is 13.3 Å². The SMILES string of the molecule is COc1ccc(-c2ccc(C(C)(C)C)cc2)c(OC2CCC(Oc3cc(C(CC(=O)O)C4CC4)ccn3)CC2)c1. The molecule has 2 aromatic carbocycles. The summed E-state index contributed by atoms with van der Waals surface area (Å²) in [7, 11) is 1.68. The molecule has 1 aromatic heterocycles. The van der Waals surface area contributed by atoms with Crippen molar-refractivity contribution in [1.82, 2.24) is 4.98 Å². The summed E-state index contributed by atoms with van der Waals surface area (Å²) in [6.45, 7) is 6.67. The Labute approximate surface area is 237 Å². The van der Waals surface area contributed by atoms with Crippen molar-refractivity contribution in [3.05, 3.63) is 71.9 Å². The Bertz CT molecular complexity index is 1300. The Morgan fingerprint density at radius 1 is 0.925 bits per heavy atom. The highest BCUT2D eigenvalue weighted by atomic mass is 16.5. The predicted molar refractivity (Wildman–Crippen MR) is 156 cm³/mol. The minimum absolute atomic E-state index is 0.0358. The molecule has 0 bridgehead atoms. The summed E-state index contributed by atoms with van der Waals surface area (Å²) < 4.78 is 18.4. The van der Waals surface area contributed by atoms with Crippen LogP contribution in [0.15, 0.2) is 60.8 Å². The summed E-state index contributed by atoms with van der Waals surface area (Å²) in [4.78, 5) is 15.8. The third-order valence-electron chi connectivity index (χ3n) is 8.23. The number of aromatic nitrogens is 1. The van der Waals surface area contributed by atoms with Gasteiger partial charge in [-0.2, -0.15) is 0 Å². The van der Waals surface area contributed by atoms with E-state index in [1.807, 2.05) is 24.3 Å². The van der Waals surface area contributed by atoms with Crippen LogP contribution in [0.5, 0.6) is 17.4 Å². The lowest BCUT2D eigenvalue weighted by Gasteiger charge is -2.30.